The number of nitrogens with zero attached hydrogens (tertiary/aromatic N) is 3. The van der Waals surface area contributed by atoms with E-state index in [9.17, 15) is 32.3 Å². The number of pyridine rings is 2. The van der Waals surface area contributed by atoms with Gasteiger partial charge in [0.05, 0.1) is 27.9 Å². The van der Waals surface area contributed by atoms with Gasteiger partial charge in [-0.2, -0.15) is 13.2 Å². The Hall–Kier alpha value is -7.23. The second-order valence-corrected chi connectivity index (χ2v) is 15.4. The van der Waals surface area contributed by atoms with Crippen molar-refractivity contribution in [1.29, 1.82) is 0 Å². The van der Waals surface area contributed by atoms with E-state index in [1.54, 1.807) is 36.5 Å². The third kappa shape index (κ3) is 5.92. The first-order chi connectivity index (χ1) is 29.0. The molecule has 3 amide bonds. The van der Waals surface area contributed by atoms with E-state index in [-0.39, 0.29) is 54.7 Å². The minimum absolute atomic E-state index is 0.0543. The molecule has 1 saturated heterocycles. The second-order valence-electron chi connectivity index (χ2n) is 15.4. The molecule has 3 N–H and O–H groups in total. The lowest BCUT2D eigenvalue weighted by Crippen LogP contribution is -2.52. The van der Waals surface area contributed by atoms with Crippen molar-refractivity contribution < 1.29 is 37.0 Å². The van der Waals surface area contributed by atoms with Crippen molar-refractivity contribution in [3.05, 3.63) is 136 Å². The fourth-order valence-corrected chi connectivity index (χ4v) is 8.79. The molecule has 3 aromatic heterocycles. The summed E-state index contributed by atoms with van der Waals surface area (Å²) in [5, 5.41) is 2.91. The maximum atomic E-state index is 13.4. The highest BCUT2D eigenvalue weighted by Crippen LogP contribution is 2.63. The number of rotatable bonds is 7. The summed E-state index contributed by atoms with van der Waals surface area (Å²) in [6.45, 7) is 0.247. The molecule has 2 fully saturated rings. The van der Waals surface area contributed by atoms with Crippen molar-refractivity contribution >= 4 is 58.0 Å². The summed E-state index contributed by atoms with van der Waals surface area (Å²) in [4.78, 5) is 67.4. The fourth-order valence-electron chi connectivity index (χ4n) is 8.79. The number of H-pyrrole nitrogens is 2. The smallest absolute Gasteiger partial charge is 0.416 e. The van der Waals surface area contributed by atoms with E-state index >= 15 is 0 Å². The minimum atomic E-state index is -4.46. The van der Waals surface area contributed by atoms with Crippen LogP contribution in [0.15, 0.2) is 102 Å². The number of nitrogens with one attached hydrogen (secondary N) is 3. The maximum absolute atomic E-state index is 13.4. The van der Waals surface area contributed by atoms with Crippen LogP contribution in [0.1, 0.15) is 57.6 Å². The third-order valence-corrected chi connectivity index (χ3v) is 11.8. The van der Waals surface area contributed by atoms with Crippen molar-refractivity contribution in [1.82, 2.24) is 30.2 Å². The van der Waals surface area contributed by atoms with Crippen LogP contribution in [0.3, 0.4) is 0 Å². The number of alkyl halides is 3. The van der Waals surface area contributed by atoms with Crippen molar-refractivity contribution in [3.8, 4) is 28.4 Å². The molecule has 4 aromatic carbocycles. The average molecular weight is 806 g/mol. The van der Waals surface area contributed by atoms with Gasteiger partial charge < -0.3 is 24.3 Å². The molecule has 0 bridgehead atoms. The molecule has 1 saturated carbocycles. The van der Waals surface area contributed by atoms with Crippen LogP contribution >= 0.6 is 0 Å². The lowest BCUT2D eigenvalue weighted by molar-refractivity contribution is -0.138. The number of aromatic nitrogens is 4. The Kier molecular flexibility index (Phi) is 7.86. The molecular formula is C44H29BF3N6O6. The van der Waals surface area contributed by atoms with E-state index in [1.165, 1.54) is 11.0 Å². The van der Waals surface area contributed by atoms with E-state index in [2.05, 4.69) is 25.3 Å². The van der Waals surface area contributed by atoms with Gasteiger partial charge in [-0.3, -0.25) is 24.5 Å². The number of piperidine rings is 1. The van der Waals surface area contributed by atoms with Crippen LogP contribution in [0, 0.1) is 0 Å². The highest BCUT2D eigenvalue weighted by atomic mass is 19.4. The molecule has 7 aromatic rings. The van der Waals surface area contributed by atoms with Gasteiger partial charge in [0.25, 0.3) is 11.5 Å². The largest absolute Gasteiger partial charge is 0.489 e. The van der Waals surface area contributed by atoms with Crippen LogP contribution in [0.4, 0.5) is 13.2 Å². The Morgan fingerprint density at radius 2 is 1.73 bits per heavy atom. The topological polar surface area (TPSA) is 159 Å². The number of carbonyl (C=O) groups excluding carboxylic acids is 3. The van der Waals surface area contributed by atoms with E-state index in [4.69, 9.17) is 9.47 Å². The summed E-state index contributed by atoms with van der Waals surface area (Å²) in [7, 11) is 1.95. The van der Waals surface area contributed by atoms with Gasteiger partial charge in [0.2, 0.25) is 11.8 Å². The van der Waals surface area contributed by atoms with Gasteiger partial charge in [-0.15, -0.1) is 0 Å². The number of imidazole rings is 1. The number of carbonyl (C=O) groups is 3. The number of ether oxygens (including phenoxy) is 2. The molecule has 1 radical (unpaired) electrons. The van der Waals surface area contributed by atoms with Crippen molar-refractivity contribution in [3.63, 3.8) is 0 Å². The molecule has 16 heteroatoms. The molecule has 6 heterocycles. The predicted molar refractivity (Wildman–Crippen MR) is 213 cm³/mol. The number of hydrogen-bond acceptors (Lipinski definition) is 8. The Balaban J connectivity index is 0.822. The molecule has 11 rings (SSSR count). The van der Waals surface area contributed by atoms with Crippen LogP contribution in [0.25, 0.3) is 33.2 Å². The summed E-state index contributed by atoms with van der Waals surface area (Å²) >= 11 is 0. The standard InChI is InChI=1S/C44H29BF3N6O6/c46-44(47,48)21-6-10-30-31(16-21)51-40(50-30)37-36-26-17-23(9-12-33(26)60-38(36)37)59-34-14-15-49-39-27(34)18-25(41(56)53-39)20-4-7-22(8-5-20)45-29-3-1-2-24-28(29)19-54(43(24)58)32-11-13-35(55)52-42(32)57/h1-10,12,14-18,32,36-38H,11,13,19H2,(H,50,51)(H,49,53,56)(H,52,55,57)/t32?,36-,37-,38-/m0/s1. The lowest BCUT2D eigenvalue weighted by atomic mass is 9.62. The maximum Gasteiger partial charge on any atom is 0.416 e. The van der Waals surface area contributed by atoms with Crippen LogP contribution < -0.4 is 31.3 Å². The fraction of sp³-hybridized carbons (Fsp3) is 0.182. The minimum Gasteiger partial charge on any atom is -0.489 e. The highest BCUT2D eigenvalue weighted by Gasteiger charge is 2.61. The van der Waals surface area contributed by atoms with Crippen LogP contribution in [-0.4, -0.2) is 62.0 Å². The van der Waals surface area contributed by atoms with Gasteiger partial charge in [-0.1, -0.05) is 47.3 Å². The predicted octanol–water partition coefficient (Wildman–Crippen LogP) is 5.34. The van der Waals surface area contributed by atoms with Gasteiger partial charge in [0, 0.05) is 41.8 Å². The highest BCUT2D eigenvalue weighted by molar-refractivity contribution is 6.68. The number of aromatic amines is 2. The average Bonchev–Trinajstić information content (AvgIpc) is 3.45. The van der Waals surface area contributed by atoms with Gasteiger partial charge in [0.15, 0.2) is 7.28 Å². The van der Waals surface area contributed by atoms with E-state index in [0.29, 0.717) is 61.8 Å². The van der Waals surface area contributed by atoms with E-state index in [1.807, 2.05) is 49.7 Å². The molecule has 4 atom stereocenters. The van der Waals surface area contributed by atoms with Crippen LogP contribution in [-0.2, 0) is 22.3 Å². The Bertz CT molecular complexity index is 3060. The lowest BCUT2D eigenvalue weighted by Gasteiger charge is -2.29. The molecule has 3 aliphatic heterocycles. The molecule has 1 unspecified atom stereocenters. The van der Waals surface area contributed by atoms with Crippen molar-refractivity contribution in [2.24, 2.45) is 0 Å². The normalized spacial score (nSPS) is 20.4. The van der Waals surface area contributed by atoms with Gasteiger partial charge in [-0.25, -0.2) is 9.97 Å². The van der Waals surface area contributed by atoms with E-state index < -0.39 is 23.7 Å². The molecule has 4 aliphatic rings. The van der Waals surface area contributed by atoms with Crippen LogP contribution in [0.5, 0.6) is 17.2 Å². The second kappa shape index (κ2) is 13.1. The first-order valence-electron chi connectivity index (χ1n) is 19.3. The number of imide groups is 1. The molecule has 0 spiro atoms. The summed E-state index contributed by atoms with van der Waals surface area (Å²) in [6.07, 6.45) is -2.66. The number of halogens is 3. The zero-order chi connectivity index (χ0) is 41.0. The summed E-state index contributed by atoms with van der Waals surface area (Å²) < 4.78 is 52.5. The third-order valence-electron chi connectivity index (χ3n) is 11.8. The van der Waals surface area contributed by atoms with Crippen LogP contribution in [0.2, 0.25) is 0 Å². The molecule has 295 valence electrons. The number of hydrogen-bond donors (Lipinski definition) is 3. The zero-order valence-electron chi connectivity index (χ0n) is 31.2. The summed E-state index contributed by atoms with van der Waals surface area (Å²) in [5.74, 6) is 1.00. The quantitative estimate of drug-likeness (QED) is 0.144. The van der Waals surface area contributed by atoms with Gasteiger partial charge in [-0.05, 0) is 72.1 Å². The number of benzene rings is 4. The molecule has 1 aliphatic carbocycles. The molecular weight excluding hydrogens is 776 g/mol. The zero-order valence-corrected chi connectivity index (χ0v) is 31.2. The van der Waals surface area contributed by atoms with E-state index in [0.717, 1.165) is 34.2 Å². The number of amides is 3. The SMILES string of the molecule is O=C1CCC(N2Cc3c([B]c4ccc(-c5cc6c(Oc7ccc8c(c7)[C@@H]7[C@H](O8)[C@H]7c7nc8ccc(C(F)(F)F)cc8[nH]7)ccnc6[nH]c5=O)cc4)cccc3C2=O)C(=O)N1. The Labute approximate surface area is 338 Å². The first-order valence-corrected chi connectivity index (χ1v) is 19.3. The first kappa shape index (κ1) is 35.9. The Morgan fingerprint density at radius 3 is 2.55 bits per heavy atom. The van der Waals surface area contributed by atoms with Crippen molar-refractivity contribution in [2.45, 2.75) is 49.5 Å². The molecule has 12 nitrogen and oxygen atoms in total. The summed E-state index contributed by atoms with van der Waals surface area (Å²) in [5.41, 5.74) is 4.96. The van der Waals surface area contributed by atoms with Gasteiger partial charge >= 0.3 is 6.18 Å². The molecule has 60 heavy (non-hydrogen) atoms. The van der Waals surface area contributed by atoms with Crippen molar-refractivity contribution in [2.75, 3.05) is 0 Å². The monoisotopic (exact) mass is 805 g/mol. The van der Waals surface area contributed by atoms with Gasteiger partial charge in [0.1, 0.15) is 40.9 Å². The number of fused-ring (bicyclic) bond motifs is 6. The summed E-state index contributed by atoms with van der Waals surface area (Å²) in [6, 6.07) is 24.6. The Morgan fingerprint density at radius 1 is 0.883 bits per heavy atom.